The molecule has 4 rings (SSSR count). The number of aromatic nitrogens is 2. The third-order valence-electron chi connectivity index (χ3n) is 5.69. The largest absolute Gasteiger partial charge is 0.507 e. The van der Waals surface area contributed by atoms with Crippen molar-refractivity contribution in [1.82, 2.24) is 14.9 Å². The van der Waals surface area contributed by atoms with Crippen LogP contribution in [0.3, 0.4) is 0 Å². The van der Waals surface area contributed by atoms with E-state index in [-0.39, 0.29) is 0 Å². The molecule has 5 nitrogen and oxygen atoms in total. The van der Waals surface area contributed by atoms with Gasteiger partial charge >= 0.3 is 0 Å². The zero-order valence-electron chi connectivity index (χ0n) is 15.4. The molecule has 1 aromatic carbocycles. The number of ether oxygens (including phenoxy) is 1. The maximum absolute atomic E-state index is 10.2. The molecule has 138 valence electrons. The van der Waals surface area contributed by atoms with Crippen LogP contribution in [0.2, 0.25) is 0 Å². The van der Waals surface area contributed by atoms with Crippen LogP contribution in [0, 0.1) is 0 Å². The molecule has 5 heteroatoms. The summed E-state index contributed by atoms with van der Waals surface area (Å²) in [5.74, 6) is 2.59. The normalized spacial score (nSPS) is 18.5. The lowest BCUT2D eigenvalue weighted by Crippen LogP contribution is -2.31. The molecule has 0 unspecified atom stereocenters. The lowest BCUT2D eigenvalue weighted by Gasteiger charge is -2.29. The lowest BCUT2D eigenvalue weighted by molar-refractivity contribution is 0.239. The minimum Gasteiger partial charge on any atom is -0.507 e. The number of phenolic OH excluding ortho intramolecular Hbond substituents is 1. The maximum Gasteiger partial charge on any atom is 0.131 e. The molecule has 0 spiro atoms. The van der Waals surface area contributed by atoms with Gasteiger partial charge in [-0.25, -0.2) is 9.97 Å². The Morgan fingerprint density at radius 3 is 2.85 bits per heavy atom. The van der Waals surface area contributed by atoms with E-state index in [4.69, 9.17) is 14.7 Å². The standard InChI is InChI=1S/C21H27N3O2/c1-26-18-8-7-16(20(25)11-18)13-24-10-9-19-17(14-24)12-22-21(23-19)15-5-3-2-4-6-15/h7-8,11-12,15,25H,2-6,9-10,13-14H2,1H3. The predicted molar refractivity (Wildman–Crippen MR) is 100 cm³/mol. The van der Waals surface area contributed by atoms with Gasteiger partial charge in [0.05, 0.1) is 7.11 Å². The van der Waals surface area contributed by atoms with Gasteiger partial charge in [0.1, 0.15) is 17.3 Å². The molecule has 1 aliphatic heterocycles. The Hall–Kier alpha value is -2.14. The third-order valence-corrected chi connectivity index (χ3v) is 5.69. The Bertz CT molecular complexity index is 772. The van der Waals surface area contributed by atoms with Crippen molar-refractivity contribution in [3.05, 3.63) is 47.0 Å². The summed E-state index contributed by atoms with van der Waals surface area (Å²) in [6, 6.07) is 5.51. The Morgan fingerprint density at radius 1 is 1.23 bits per heavy atom. The van der Waals surface area contributed by atoms with Crippen LogP contribution >= 0.6 is 0 Å². The van der Waals surface area contributed by atoms with E-state index in [1.807, 2.05) is 18.3 Å². The van der Waals surface area contributed by atoms with Gasteiger partial charge in [-0.3, -0.25) is 4.90 Å². The first kappa shape index (κ1) is 17.3. The van der Waals surface area contributed by atoms with Crippen LogP contribution in [0.25, 0.3) is 0 Å². The van der Waals surface area contributed by atoms with E-state index >= 15 is 0 Å². The fraction of sp³-hybridized carbons (Fsp3) is 0.524. The number of nitrogens with zero attached hydrogens (tertiary/aromatic N) is 3. The molecule has 1 saturated carbocycles. The number of hydrogen-bond donors (Lipinski definition) is 1. The number of aromatic hydroxyl groups is 1. The van der Waals surface area contributed by atoms with E-state index in [9.17, 15) is 5.11 Å². The SMILES string of the molecule is COc1ccc(CN2CCc3nc(C4CCCCC4)ncc3C2)c(O)c1. The summed E-state index contributed by atoms with van der Waals surface area (Å²) < 4.78 is 5.16. The van der Waals surface area contributed by atoms with Gasteiger partial charge in [0.15, 0.2) is 0 Å². The summed E-state index contributed by atoms with van der Waals surface area (Å²) in [5.41, 5.74) is 3.37. The molecular formula is C21H27N3O2. The van der Waals surface area contributed by atoms with Crippen LogP contribution in [-0.4, -0.2) is 33.6 Å². The molecular weight excluding hydrogens is 326 g/mol. The van der Waals surface area contributed by atoms with E-state index in [1.54, 1.807) is 13.2 Å². The van der Waals surface area contributed by atoms with Crippen LogP contribution < -0.4 is 4.74 Å². The quantitative estimate of drug-likeness (QED) is 0.906. The van der Waals surface area contributed by atoms with Crippen LogP contribution in [0.4, 0.5) is 0 Å². The Morgan fingerprint density at radius 2 is 2.08 bits per heavy atom. The molecule has 2 aromatic rings. The third kappa shape index (κ3) is 3.68. The summed E-state index contributed by atoms with van der Waals surface area (Å²) in [6.07, 6.45) is 9.44. The van der Waals surface area contributed by atoms with Crippen molar-refractivity contribution in [1.29, 1.82) is 0 Å². The molecule has 0 saturated heterocycles. The van der Waals surface area contributed by atoms with Gasteiger partial charge in [-0.2, -0.15) is 0 Å². The molecule has 2 heterocycles. The zero-order chi connectivity index (χ0) is 17.9. The van der Waals surface area contributed by atoms with Crippen molar-refractivity contribution < 1.29 is 9.84 Å². The van der Waals surface area contributed by atoms with E-state index in [0.29, 0.717) is 17.4 Å². The van der Waals surface area contributed by atoms with E-state index in [1.165, 1.54) is 43.4 Å². The molecule has 2 aliphatic rings. The Balaban J connectivity index is 1.44. The highest BCUT2D eigenvalue weighted by atomic mass is 16.5. The van der Waals surface area contributed by atoms with Gasteiger partial charge in [-0.05, 0) is 18.9 Å². The minimum absolute atomic E-state index is 0.291. The molecule has 26 heavy (non-hydrogen) atoms. The van der Waals surface area contributed by atoms with E-state index in [2.05, 4.69) is 4.90 Å². The molecule has 0 radical (unpaired) electrons. The van der Waals surface area contributed by atoms with Crippen LogP contribution in [0.1, 0.15) is 60.7 Å². The zero-order valence-corrected chi connectivity index (χ0v) is 15.4. The molecule has 1 fully saturated rings. The van der Waals surface area contributed by atoms with Crippen LogP contribution in [0.15, 0.2) is 24.4 Å². The van der Waals surface area contributed by atoms with Gasteiger partial charge in [-0.1, -0.05) is 25.3 Å². The second-order valence-electron chi connectivity index (χ2n) is 7.49. The predicted octanol–water partition coefficient (Wildman–Crippen LogP) is 3.80. The van der Waals surface area contributed by atoms with E-state index in [0.717, 1.165) is 37.4 Å². The number of benzene rings is 1. The Labute approximate surface area is 155 Å². The fourth-order valence-corrected chi connectivity index (χ4v) is 4.13. The summed E-state index contributed by atoms with van der Waals surface area (Å²) in [4.78, 5) is 11.9. The van der Waals surface area contributed by atoms with Crippen molar-refractivity contribution in [3.8, 4) is 11.5 Å². The number of rotatable bonds is 4. The molecule has 0 atom stereocenters. The maximum atomic E-state index is 10.2. The number of methoxy groups -OCH3 is 1. The van der Waals surface area contributed by atoms with Gasteiger partial charge < -0.3 is 9.84 Å². The summed E-state index contributed by atoms with van der Waals surface area (Å²) >= 11 is 0. The summed E-state index contributed by atoms with van der Waals surface area (Å²) in [6.45, 7) is 2.52. The van der Waals surface area contributed by atoms with Crippen LogP contribution in [0.5, 0.6) is 11.5 Å². The van der Waals surface area contributed by atoms with Gasteiger partial charge in [-0.15, -0.1) is 0 Å². The van der Waals surface area contributed by atoms with Gasteiger partial charge in [0.2, 0.25) is 0 Å². The highest BCUT2D eigenvalue weighted by molar-refractivity contribution is 5.39. The second kappa shape index (κ2) is 7.62. The molecule has 1 aliphatic carbocycles. The average molecular weight is 353 g/mol. The topological polar surface area (TPSA) is 58.5 Å². The Kier molecular flexibility index (Phi) is 5.07. The van der Waals surface area contributed by atoms with Crippen molar-refractivity contribution in [2.45, 2.75) is 57.5 Å². The summed E-state index contributed by atoms with van der Waals surface area (Å²) in [7, 11) is 1.61. The smallest absolute Gasteiger partial charge is 0.131 e. The van der Waals surface area contributed by atoms with Crippen molar-refractivity contribution >= 4 is 0 Å². The monoisotopic (exact) mass is 353 g/mol. The average Bonchev–Trinajstić information content (AvgIpc) is 2.69. The lowest BCUT2D eigenvalue weighted by atomic mass is 9.88. The fourth-order valence-electron chi connectivity index (χ4n) is 4.13. The molecule has 1 N–H and O–H groups in total. The number of fused-ring (bicyclic) bond motifs is 1. The molecule has 0 amide bonds. The van der Waals surface area contributed by atoms with Crippen molar-refractivity contribution in [2.75, 3.05) is 13.7 Å². The first-order valence-electron chi connectivity index (χ1n) is 9.66. The van der Waals surface area contributed by atoms with Crippen molar-refractivity contribution in [2.24, 2.45) is 0 Å². The minimum atomic E-state index is 0.291. The second-order valence-corrected chi connectivity index (χ2v) is 7.49. The van der Waals surface area contributed by atoms with Crippen LogP contribution in [-0.2, 0) is 19.5 Å². The first-order valence-corrected chi connectivity index (χ1v) is 9.66. The highest BCUT2D eigenvalue weighted by Gasteiger charge is 2.23. The van der Waals surface area contributed by atoms with Gasteiger partial charge in [0, 0.05) is 61.1 Å². The summed E-state index contributed by atoms with van der Waals surface area (Å²) in [5, 5.41) is 10.2. The van der Waals surface area contributed by atoms with Gasteiger partial charge in [0.25, 0.3) is 0 Å². The highest BCUT2D eigenvalue weighted by Crippen LogP contribution is 2.32. The molecule has 1 aromatic heterocycles. The van der Waals surface area contributed by atoms with Crippen molar-refractivity contribution in [3.63, 3.8) is 0 Å². The van der Waals surface area contributed by atoms with E-state index < -0.39 is 0 Å². The molecule has 0 bridgehead atoms. The number of hydrogen-bond acceptors (Lipinski definition) is 5. The first-order chi connectivity index (χ1) is 12.7. The number of phenols is 1.